The first-order chi connectivity index (χ1) is 11.3. The fourth-order valence-corrected chi connectivity index (χ4v) is 3.59. The lowest BCUT2D eigenvalue weighted by Crippen LogP contribution is -2.38. The molecule has 2 aliphatic heterocycles. The van der Waals surface area contributed by atoms with Gasteiger partial charge in [-0.25, -0.2) is 4.98 Å². The lowest BCUT2D eigenvalue weighted by Gasteiger charge is -2.18. The van der Waals surface area contributed by atoms with Crippen molar-refractivity contribution in [2.75, 3.05) is 18.4 Å². The number of hydrogen-bond donors (Lipinski definition) is 2. The van der Waals surface area contributed by atoms with Crippen molar-refractivity contribution in [1.82, 2.24) is 10.3 Å². The van der Waals surface area contributed by atoms with Crippen molar-refractivity contribution in [3.05, 3.63) is 36.4 Å². The molecule has 3 heterocycles. The normalized spacial score (nSPS) is 25.7. The van der Waals surface area contributed by atoms with E-state index < -0.39 is 0 Å². The van der Waals surface area contributed by atoms with Gasteiger partial charge in [0.25, 0.3) is 0 Å². The van der Waals surface area contributed by atoms with Gasteiger partial charge < -0.3 is 15.4 Å². The number of nitrogens with zero attached hydrogens (tertiary/aromatic N) is 1. The Kier molecular flexibility index (Phi) is 3.87. The summed E-state index contributed by atoms with van der Waals surface area (Å²) in [5, 5.41) is 7.39. The van der Waals surface area contributed by atoms with Crippen molar-refractivity contribution in [2.45, 2.75) is 31.5 Å². The summed E-state index contributed by atoms with van der Waals surface area (Å²) in [6.07, 6.45) is 3.49. The number of hydrogen-bond acceptors (Lipinski definition) is 4. The van der Waals surface area contributed by atoms with Gasteiger partial charge >= 0.3 is 0 Å². The largest absolute Gasteiger partial charge is 0.374 e. The van der Waals surface area contributed by atoms with E-state index >= 15 is 0 Å². The topological polar surface area (TPSA) is 63.2 Å². The maximum atomic E-state index is 12.2. The smallest absolute Gasteiger partial charge is 0.225 e. The number of aromatic nitrogens is 1. The van der Waals surface area contributed by atoms with E-state index in [1.165, 1.54) is 0 Å². The molecule has 0 aliphatic carbocycles. The van der Waals surface area contributed by atoms with Crippen LogP contribution < -0.4 is 10.6 Å². The van der Waals surface area contributed by atoms with E-state index in [1.807, 2.05) is 30.3 Å². The third kappa shape index (κ3) is 3.01. The van der Waals surface area contributed by atoms with Gasteiger partial charge in [-0.2, -0.15) is 0 Å². The number of benzene rings is 1. The number of fused-ring (bicyclic) bond motifs is 3. The molecule has 2 N–H and O–H groups in total. The molecular formula is C18H21N3O2. The molecule has 2 aliphatic rings. The Bertz CT molecular complexity index is 718. The van der Waals surface area contributed by atoms with Gasteiger partial charge in [0.05, 0.1) is 23.6 Å². The van der Waals surface area contributed by atoms with Crippen molar-refractivity contribution >= 4 is 22.6 Å². The quantitative estimate of drug-likeness (QED) is 0.832. The number of amides is 1. The lowest BCUT2D eigenvalue weighted by molar-refractivity contribution is -0.126. The lowest BCUT2D eigenvalue weighted by atomic mass is 9.88. The standard InChI is InChI=1S/C18H21N3O2/c22-18(14-11-13-6-7-16(14)23-13)20-10-9-19-17-8-5-12-3-1-2-4-15(12)21-17/h1-5,8,13-14,16H,6-7,9-11H2,(H,19,21)(H,20,22). The van der Waals surface area contributed by atoms with E-state index in [4.69, 9.17) is 4.74 Å². The van der Waals surface area contributed by atoms with Gasteiger partial charge in [0.2, 0.25) is 5.91 Å². The second kappa shape index (κ2) is 6.16. The number of carbonyl (C=O) groups excluding carboxylic acids is 1. The number of pyridine rings is 1. The highest BCUT2D eigenvalue weighted by Crippen LogP contribution is 2.38. The molecule has 0 saturated carbocycles. The van der Waals surface area contributed by atoms with Gasteiger partial charge in [-0.1, -0.05) is 18.2 Å². The summed E-state index contributed by atoms with van der Waals surface area (Å²) < 4.78 is 5.74. The number of ether oxygens (including phenoxy) is 1. The van der Waals surface area contributed by atoms with Crippen LogP contribution in [0.25, 0.3) is 10.9 Å². The van der Waals surface area contributed by atoms with E-state index in [2.05, 4.69) is 21.7 Å². The van der Waals surface area contributed by atoms with E-state index in [-0.39, 0.29) is 17.9 Å². The summed E-state index contributed by atoms with van der Waals surface area (Å²) in [6, 6.07) is 12.0. The molecule has 0 spiro atoms. The Labute approximate surface area is 135 Å². The van der Waals surface area contributed by atoms with Crippen LogP contribution in [0.2, 0.25) is 0 Å². The Morgan fingerprint density at radius 2 is 2.09 bits per heavy atom. The highest BCUT2D eigenvalue weighted by Gasteiger charge is 2.44. The predicted molar refractivity (Wildman–Crippen MR) is 89.2 cm³/mol. The van der Waals surface area contributed by atoms with Crippen LogP contribution in [0.3, 0.4) is 0 Å². The molecule has 1 aromatic heterocycles. The molecule has 3 atom stereocenters. The summed E-state index contributed by atoms with van der Waals surface area (Å²) >= 11 is 0. The van der Waals surface area contributed by atoms with Crippen LogP contribution >= 0.6 is 0 Å². The van der Waals surface area contributed by atoms with Crippen molar-refractivity contribution in [3.63, 3.8) is 0 Å². The molecule has 23 heavy (non-hydrogen) atoms. The number of anilines is 1. The Morgan fingerprint density at radius 1 is 1.17 bits per heavy atom. The van der Waals surface area contributed by atoms with Crippen molar-refractivity contribution in [2.24, 2.45) is 5.92 Å². The van der Waals surface area contributed by atoms with Crippen molar-refractivity contribution in [1.29, 1.82) is 0 Å². The molecule has 1 amide bonds. The summed E-state index contributed by atoms with van der Waals surface area (Å²) in [5.41, 5.74) is 0.973. The second-order valence-electron chi connectivity index (χ2n) is 6.32. The third-order valence-electron chi connectivity index (χ3n) is 4.77. The van der Waals surface area contributed by atoms with Gasteiger partial charge in [-0.15, -0.1) is 0 Å². The molecule has 120 valence electrons. The van der Waals surface area contributed by atoms with E-state index in [9.17, 15) is 4.79 Å². The van der Waals surface area contributed by atoms with Crippen LogP contribution in [-0.4, -0.2) is 36.2 Å². The maximum Gasteiger partial charge on any atom is 0.225 e. The zero-order valence-electron chi connectivity index (χ0n) is 13.0. The minimum Gasteiger partial charge on any atom is -0.374 e. The average molecular weight is 311 g/mol. The molecule has 4 rings (SSSR count). The van der Waals surface area contributed by atoms with E-state index in [1.54, 1.807) is 0 Å². The maximum absolute atomic E-state index is 12.2. The molecule has 1 aromatic carbocycles. The molecule has 2 aromatic rings. The molecule has 2 fully saturated rings. The van der Waals surface area contributed by atoms with Crippen LogP contribution in [0.15, 0.2) is 36.4 Å². The molecular weight excluding hydrogens is 290 g/mol. The molecule has 5 heteroatoms. The van der Waals surface area contributed by atoms with Gasteiger partial charge in [-0.05, 0) is 37.5 Å². The predicted octanol–water partition coefficient (Wildman–Crippen LogP) is 2.33. The number of nitrogens with one attached hydrogen (secondary N) is 2. The third-order valence-corrected chi connectivity index (χ3v) is 4.77. The Morgan fingerprint density at radius 3 is 2.91 bits per heavy atom. The highest BCUT2D eigenvalue weighted by molar-refractivity contribution is 5.80. The fourth-order valence-electron chi connectivity index (χ4n) is 3.59. The molecule has 2 bridgehead atoms. The van der Waals surface area contributed by atoms with Crippen LogP contribution in [-0.2, 0) is 9.53 Å². The molecule has 3 unspecified atom stereocenters. The number of para-hydroxylation sites is 1. The highest BCUT2D eigenvalue weighted by atomic mass is 16.5. The summed E-state index contributed by atoms with van der Waals surface area (Å²) in [5.74, 6) is 1.01. The first-order valence-corrected chi connectivity index (χ1v) is 8.32. The monoisotopic (exact) mass is 311 g/mol. The van der Waals surface area contributed by atoms with E-state index in [0.29, 0.717) is 19.2 Å². The number of carbonyl (C=O) groups is 1. The zero-order chi connectivity index (χ0) is 15.6. The van der Waals surface area contributed by atoms with Gasteiger partial charge in [0, 0.05) is 18.5 Å². The Balaban J connectivity index is 1.25. The van der Waals surface area contributed by atoms with Gasteiger partial charge in [0.15, 0.2) is 0 Å². The first-order valence-electron chi connectivity index (χ1n) is 8.32. The van der Waals surface area contributed by atoms with Crippen LogP contribution in [0.4, 0.5) is 5.82 Å². The Hall–Kier alpha value is -2.14. The number of rotatable bonds is 5. The van der Waals surface area contributed by atoms with Crippen molar-refractivity contribution < 1.29 is 9.53 Å². The van der Waals surface area contributed by atoms with Crippen LogP contribution in [0, 0.1) is 5.92 Å². The van der Waals surface area contributed by atoms with Crippen LogP contribution in [0.5, 0.6) is 0 Å². The minimum atomic E-state index is 0.0487. The summed E-state index contributed by atoms with van der Waals surface area (Å²) in [7, 11) is 0. The van der Waals surface area contributed by atoms with Crippen LogP contribution in [0.1, 0.15) is 19.3 Å². The van der Waals surface area contributed by atoms with Crippen molar-refractivity contribution in [3.8, 4) is 0 Å². The summed E-state index contributed by atoms with van der Waals surface area (Å²) in [6.45, 7) is 1.26. The molecule has 2 saturated heterocycles. The second-order valence-corrected chi connectivity index (χ2v) is 6.32. The average Bonchev–Trinajstić information content (AvgIpc) is 3.21. The SMILES string of the molecule is O=C(NCCNc1ccc2ccccc2n1)C1CC2CCC1O2. The first kappa shape index (κ1) is 14.5. The minimum absolute atomic E-state index is 0.0487. The van der Waals surface area contributed by atoms with Gasteiger partial charge in [-0.3, -0.25) is 4.79 Å². The molecule has 5 nitrogen and oxygen atoms in total. The zero-order valence-corrected chi connectivity index (χ0v) is 13.0. The van der Waals surface area contributed by atoms with E-state index in [0.717, 1.165) is 36.0 Å². The molecule has 0 radical (unpaired) electrons. The van der Waals surface area contributed by atoms with Gasteiger partial charge in [0.1, 0.15) is 5.82 Å². The summed E-state index contributed by atoms with van der Waals surface area (Å²) in [4.78, 5) is 16.7. The fraction of sp³-hybridized carbons (Fsp3) is 0.444.